The Morgan fingerprint density at radius 1 is 1.30 bits per heavy atom. The molecule has 102 valence electrons. The number of nitriles is 1. The highest BCUT2D eigenvalue weighted by Crippen LogP contribution is 2.20. The zero-order chi connectivity index (χ0) is 14.8. The Kier molecular flexibility index (Phi) is 4.01. The van der Waals surface area contributed by atoms with Crippen molar-refractivity contribution < 1.29 is 8.42 Å². The van der Waals surface area contributed by atoms with Crippen molar-refractivity contribution in [1.29, 1.82) is 5.26 Å². The number of hydrogen-bond acceptors (Lipinski definition) is 5. The van der Waals surface area contributed by atoms with Gasteiger partial charge in [0, 0.05) is 6.20 Å². The molecule has 0 saturated carbocycles. The summed E-state index contributed by atoms with van der Waals surface area (Å²) in [6.07, 6.45) is 1.14. The van der Waals surface area contributed by atoms with Crippen LogP contribution < -0.4 is 4.72 Å². The molecular weight excluding hydrogens is 344 g/mol. The van der Waals surface area contributed by atoms with Crippen molar-refractivity contribution in [2.75, 3.05) is 4.72 Å². The molecule has 2 aromatic rings. The first-order valence-electron chi connectivity index (χ1n) is 5.44. The number of hydrogen-bond donors (Lipinski definition) is 1. The molecule has 1 N–H and O–H groups in total. The molecule has 0 saturated heterocycles. The second-order valence-corrected chi connectivity index (χ2v) is 6.36. The predicted octanol–water partition coefficient (Wildman–Crippen LogP) is 2.22. The highest BCUT2D eigenvalue weighted by atomic mass is 79.9. The van der Waals surface area contributed by atoms with Crippen LogP contribution in [0.4, 0.5) is 5.69 Å². The van der Waals surface area contributed by atoms with Crippen molar-refractivity contribution in [3.63, 3.8) is 0 Å². The van der Waals surface area contributed by atoms with Gasteiger partial charge in [-0.15, -0.1) is 0 Å². The van der Waals surface area contributed by atoms with Crippen LogP contribution in [0, 0.1) is 18.3 Å². The molecule has 0 aliphatic rings. The fraction of sp³-hybridized carbons (Fsp3) is 0.0833. The fourth-order valence-corrected chi connectivity index (χ4v) is 2.91. The molecule has 0 spiro atoms. The number of nitrogens with one attached hydrogen (secondary N) is 1. The Balaban J connectivity index is 2.33. The monoisotopic (exact) mass is 352 g/mol. The lowest BCUT2D eigenvalue weighted by Crippen LogP contribution is -2.14. The molecule has 6 nitrogen and oxygen atoms in total. The normalized spacial score (nSPS) is 10.8. The van der Waals surface area contributed by atoms with E-state index in [0.717, 1.165) is 6.20 Å². The van der Waals surface area contributed by atoms with Crippen molar-refractivity contribution in [3.8, 4) is 6.07 Å². The van der Waals surface area contributed by atoms with Gasteiger partial charge >= 0.3 is 0 Å². The van der Waals surface area contributed by atoms with E-state index in [9.17, 15) is 8.42 Å². The van der Waals surface area contributed by atoms with Crippen LogP contribution >= 0.6 is 15.9 Å². The molecule has 0 radical (unpaired) electrons. The summed E-state index contributed by atoms with van der Waals surface area (Å²) in [4.78, 5) is 7.83. The minimum atomic E-state index is -3.75. The van der Waals surface area contributed by atoms with E-state index in [4.69, 9.17) is 5.26 Å². The third-order valence-corrected chi connectivity index (χ3v) is 4.25. The minimum absolute atomic E-state index is 0.0150. The standard InChI is InChI=1S/C12H9BrN4O2S/c1-8-11(4-5-12(13)16-8)17-20(18,19)10-3-2-9(6-14)15-7-10/h2-5,7,17H,1H3. The van der Waals surface area contributed by atoms with Crippen molar-refractivity contribution in [2.24, 2.45) is 0 Å². The summed E-state index contributed by atoms with van der Waals surface area (Å²) in [5.41, 5.74) is 1.09. The molecule has 0 amide bonds. The van der Waals surface area contributed by atoms with Gasteiger partial charge in [0.1, 0.15) is 21.3 Å². The van der Waals surface area contributed by atoms with E-state index in [1.165, 1.54) is 12.1 Å². The van der Waals surface area contributed by atoms with Gasteiger partial charge in [-0.1, -0.05) is 0 Å². The van der Waals surface area contributed by atoms with E-state index in [-0.39, 0.29) is 10.6 Å². The van der Waals surface area contributed by atoms with Gasteiger partial charge in [-0.05, 0) is 47.1 Å². The maximum absolute atomic E-state index is 12.2. The first-order valence-corrected chi connectivity index (χ1v) is 7.72. The summed E-state index contributed by atoms with van der Waals surface area (Å²) < 4.78 is 27.4. The van der Waals surface area contributed by atoms with Crippen LogP contribution in [0.25, 0.3) is 0 Å². The quantitative estimate of drug-likeness (QED) is 0.854. The van der Waals surface area contributed by atoms with Gasteiger partial charge < -0.3 is 0 Å². The smallest absolute Gasteiger partial charge is 0.263 e. The molecule has 0 fully saturated rings. The maximum atomic E-state index is 12.2. The lowest BCUT2D eigenvalue weighted by atomic mass is 10.3. The molecule has 20 heavy (non-hydrogen) atoms. The summed E-state index contributed by atoms with van der Waals surface area (Å²) in [7, 11) is -3.75. The number of nitrogens with zero attached hydrogens (tertiary/aromatic N) is 3. The van der Waals surface area contributed by atoms with Crippen molar-refractivity contribution >= 4 is 31.6 Å². The van der Waals surface area contributed by atoms with Crippen LogP contribution in [0.5, 0.6) is 0 Å². The minimum Gasteiger partial charge on any atom is -0.278 e. The van der Waals surface area contributed by atoms with Crippen molar-refractivity contribution in [2.45, 2.75) is 11.8 Å². The van der Waals surface area contributed by atoms with Gasteiger partial charge in [-0.25, -0.2) is 18.4 Å². The number of anilines is 1. The zero-order valence-corrected chi connectivity index (χ0v) is 12.7. The van der Waals surface area contributed by atoms with Gasteiger partial charge in [0.05, 0.1) is 11.4 Å². The highest BCUT2D eigenvalue weighted by molar-refractivity contribution is 9.10. The maximum Gasteiger partial charge on any atom is 0.263 e. The van der Waals surface area contributed by atoms with Crippen LogP contribution in [0.2, 0.25) is 0 Å². The van der Waals surface area contributed by atoms with Gasteiger partial charge in [0.2, 0.25) is 0 Å². The van der Waals surface area contributed by atoms with E-state index in [2.05, 4.69) is 30.6 Å². The zero-order valence-electron chi connectivity index (χ0n) is 10.3. The summed E-state index contributed by atoms with van der Waals surface area (Å²) in [5, 5.41) is 8.64. The second-order valence-electron chi connectivity index (χ2n) is 3.86. The number of halogens is 1. The number of pyridine rings is 2. The predicted molar refractivity (Wildman–Crippen MR) is 76.4 cm³/mol. The third kappa shape index (κ3) is 3.12. The number of rotatable bonds is 3. The van der Waals surface area contributed by atoms with Crippen LogP contribution in [0.1, 0.15) is 11.4 Å². The van der Waals surface area contributed by atoms with Gasteiger partial charge in [0.25, 0.3) is 10.0 Å². The Morgan fingerprint density at radius 2 is 2.05 bits per heavy atom. The highest BCUT2D eigenvalue weighted by Gasteiger charge is 2.16. The van der Waals surface area contributed by atoms with Crippen LogP contribution in [0.15, 0.2) is 40.0 Å². The first kappa shape index (κ1) is 14.4. The van der Waals surface area contributed by atoms with E-state index in [1.807, 2.05) is 6.07 Å². The molecule has 2 heterocycles. The third-order valence-electron chi connectivity index (χ3n) is 2.46. The Morgan fingerprint density at radius 3 is 2.60 bits per heavy atom. The molecule has 0 aliphatic carbocycles. The number of sulfonamides is 1. The molecule has 2 aromatic heterocycles. The molecule has 0 aromatic carbocycles. The average Bonchev–Trinajstić information content (AvgIpc) is 2.42. The second kappa shape index (κ2) is 5.56. The van der Waals surface area contributed by atoms with Crippen molar-refractivity contribution in [3.05, 3.63) is 46.5 Å². The molecule has 2 rings (SSSR count). The molecule has 0 bridgehead atoms. The van der Waals surface area contributed by atoms with Gasteiger partial charge in [-0.2, -0.15) is 5.26 Å². The van der Waals surface area contributed by atoms with E-state index >= 15 is 0 Å². The SMILES string of the molecule is Cc1nc(Br)ccc1NS(=O)(=O)c1ccc(C#N)nc1. The lowest BCUT2D eigenvalue weighted by molar-refractivity contribution is 0.600. The molecule has 0 aliphatic heterocycles. The summed E-state index contributed by atoms with van der Waals surface area (Å²) >= 11 is 3.21. The van der Waals surface area contributed by atoms with Gasteiger partial charge in [-0.3, -0.25) is 4.72 Å². The average molecular weight is 353 g/mol. The topological polar surface area (TPSA) is 95.7 Å². The lowest BCUT2D eigenvalue weighted by Gasteiger charge is -2.09. The Labute approximate surface area is 124 Å². The number of aryl methyl sites for hydroxylation is 1. The Hall–Kier alpha value is -1.98. The van der Waals surface area contributed by atoms with Gasteiger partial charge in [0.15, 0.2) is 0 Å². The largest absolute Gasteiger partial charge is 0.278 e. The molecule has 0 atom stereocenters. The van der Waals surface area contributed by atoms with Crippen LogP contribution in [-0.4, -0.2) is 18.4 Å². The van der Waals surface area contributed by atoms with Crippen LogP contribution in [-0.2, 0) is 10.0 Å². The fourth-order valence-electron chi connectivity index (χ4n) is 1.45. The Bertz CT molecular complexity index is 782. The molecule has 0 unspecified atom stereocenters. The molecule has 8 heteroatoms. The summed E-state index contributed by atoms with van der Waals surface area (Å²) in [6.45, 7) is 1.69. The first-order chi connectivity index (χ1) is 9.42. The van der Waals surface area contributed by atoms with E-state index < -0.39 is 10.0 Å². The van der Waals surface area contributed by atoms with Crippen molar-refractivity contribution in [1.82, 2.24) is 9.97 Å². The number of aromatic nitrogens is 2. The molecular formula is C12H9BrN4O2S. The van der Waals surface area contributed by atoms with Crippen LogP contribution in [0.3, 0.4) is 0 Å². The van der Waals surface area contributed by atoms with E-state index in [0.29, 0.717) is 16.0 Å². The summed E-state index contributed by atoms with van der Waals surface area (Å²) in [5.74, 6) is 0. The van der Waals surface area contributed by atoms with E-state index in [1.54, 1.807) is 19.1 Å². The summed E-state index contributed by atoms with van der Waals surface area (Å²) in [6, 6.07) is 7.76.